The summed E-state index contributed by atoms with van der Waals surface area (Å²) < 4.78 is 16.5. The van der Waals surface area contributed by atoms with E-state index in [4.69, 9.17) is 25.5 Å². The van der Waals surface area contributed by atoms with Crippen LogP contribution in [-0.4, -0.2) is 24.2 Å². The van der Waals surface area contributed by atoms with Crippen LogP contribution in [-0.2, 0) is 11.3 Å². The minimum absolute atomic E-state index is 0.269. The molecular formula is C20H17ClN2O4. The van der Waals surface area contributed by atoms with Gasteiger partial charge in [0.1, 0.15) is 30.4 Å². The third-order valence-corrected chi connectivity index (χ3v) is 4.61. The van der Waals surface area contributed by atoms with Crippen molar-refractivity contribution in [2.75, 3.05) is 18.1 Å². The van der Waals surface area contributed by atoms with Gasteiger partial charge in [-0.15, -0.1) is 0 Å². The standard InChI is InChI=1S/C20H17ClN2O4/c1-13-18(22-19(27-13)16-4-2-3-5-17(16)21)12-26-15-8-6-14(7-9-15)23-10-11-25-20(23)24/h2-9H,10-12H2,1H3. The molecule has 1 aliphatic heterocycles. The van der Waals surface area contributed by atoms with E-state index in [9.17, 15) is 4.79 Å². The molecule has 1 saturated heterocycles. The van der Waals surface area contributed by atoms with Gasteiger partial charge >= 0.3 is 6.09 Å². The number of anilines is 1. The summed E-state index contributed by atoms with van der Waals surface area (Å²) in [6.07, 6.45) is -0.325. The highest BCUT2D eigenvalue weighted by molar-refractivity contribution is 6.33. The average molecular weight is 385 g/mol. The molecule has 6 nitrogen and oxygen atoms in total. The van der Waals surface area contributed by atoms with Gasteiger partial charge in [-0.2, -0.15) is 0 Å². The van der Waals surface area contributed by atoms with Crippen molar-refractivity contribution in [3.63, 3.8) is 0 Å². The largest absolute Gasteiger partial charge is 0.487 e. The van der Waals surface area contributed by atoms with Crippen LogP contribution in [0.25, 0.3) is 11.5 Å². The van der Waals surface area contributed by atoms with Crippen LogP contribution in [0.5, 0.6) is 5.75 Å². The van der Waals surface area contributed by atoms with E-state index in [1.165, 1.54) is 0 Å². The quantitative estimate of drug-likeness (QED) is 0.629. The number of carbonyl (C=O) groups excluding carboxylic acids is 1. The molecule has 2 heterocycles. The first-order valence-corrected chi connectivity index (χ1v) is 8.88. The fourth-order valence-corrected chi connectivity index (χ4v) is 3.03. The summed E-state index contributed by atoms with van der Waals surface area (Å²) in [6, 6.07) is 14.7. The molecule has 1 amide bonds. The maximum atomic E-state index is 11.6. The molecule has 0 bridgehead atoms. The van der Waals surface area contributed by atoms with Crippen molar-refractivity contribution in [2.24, 2.45) is 0 Å². The Morgan fingerprint density at radius 2 is 1.96 bits per heavy atom. The van der Waals surface area contributed by atoms with Crippen molar-refractivity contribution in [1.29, 1.82) is 0 Å². The number of cyclic esters (lactones) is 1. The first-order valence-electron chi connectivity index (χ1n) is 8.50. The van der Waals surface area contributed by atoms with E-state index in [0.29, 0.717) is 41.3 Å². The van der Waals surface area contributed by atoms with Gasteiger partial charge in [0.2, 0.25) is 5.89 Å². The number of amides is 1. The second-order valence-electron chi connectivity index (χ2n) is 6.05. The molecule has 1 aliphatic rings. The van der Waals surface area contributed by atoms with E-state index in [0.717, 1.165) is 11.3 Å². The Balaban J connectivity index is 1.45. The molecule has 138 valence electrons. The number of benzene rings is 2. The SMILES string of the molecule is Cc1oc(-c2ccccc2Cl)nc1COc1ccc(N2CCOC2=O)cc1. The molecular weight excluding hydrogens is 368 g/mol. The third kappa shape index (κ3) is 3.61. The lowest BCUT2D eigenvalue weighted by Crippen LogP contribution is -2.23. The number of ether oxygens (including phenoxy) is 2. The van der Waals surface area contributed by atoms with Crippen molar-refractivity contribution in [3.05, 3.63) is 65.0 Å². The Kier molecular flexibility index (Phi) is 4.73. The first-order chi connectivity index (χ1) is 13.1. The molecule has 0 radical (unpaired) electrons. The van der Waals surface area contributed by atoms with Gasteiger partial charge in [0, 0.05) is 5.69 Å². The highest BCUT2D eigenvalue weighted by atomic mass is 35.5. The van der Waals surface area contributed by atoms with Crippen LogP contribution in [0.3, 0.4) is 0 Å². The zero-order chi connectivity index (χ0) is 18.8. The van der Waals surface area contributed by atoms with Gasteiger partial charge in [0.05, 0.1) is 17.1 Å². The number of aryl methyl sites for hydroxylation is 1. The van der Waals surface area contributed by atoms with Crippen molar-refractivity contribution in [1.82, 2.24) is 4.98 Å². The minimum Gasteiger partial charge on any atom is -0.487 e. The molecule has 0 atom stereocenters. The van der Waals surface area contributed by atoms with Crippen molar-refractivity contribution < 1.29 is 18.7 Å². The summed E-state index contributed by atoms with van der Waals surface area (Å²) in [5.74, 6) is 1.83. The summed E-state index contributed by atoms with van der Waals surface area (Å²) in [5, 5.41) is 0.585. The number of hydrogen-bond donors (Lipinski definition) is 0. The molecule has 2 aromatic carbocycles. The number of hydrogen-bond acceptors (Lipinski definition) is 5. The molecule has 0 aliphatic carbocycles. The zero-order valence-corrected chi connectivity index (χ0v) is 15.4. The number of nitrogens with zero attached hydrogens (tertiary/aromatic N) is 2. The van der Waals surface area contributed by atoms with E-state index in [2.05, 4.69) is 4.98 Å². The van der Waals surface area contributed by atoms with Crippen LogP contribution >= 0.6 is 11.6 Å². The Labute approximate surface area is 161 Å². The van der Waals surface area contributed by atoms with Gasteiger partial charge in [-0.3, -0.25) is 4.90 Å². The number of oxazole rings is 1. The van der Waals surface area contributed by atoms with Gasteiger partial charge in [-0.05, 0) is 43.3 Å². The molecule has 0 N–H and O–H groups in total. The van der Waals surface area contributed by atoms with Crippen molar-refractivity contribution in [2.45, 2.75) is 13.5 Å². The normalized spacial score (nSPS) is 13.7. The smallest absolute Gasteiger partial charge is 0.414 e. The Morgan fingerprint density at radius 3 is 2.67 bits per heavy atom. The van der Waals surface area contributed by atoms with E-state index < -0.39 is 0 Å². The van der Waals surface area contributed by atoms with Gasteiger partial charge in [-0.1, -0.05) is 23.7 Å². The van der Waals surface area contributed by atoms with Crippen LogP contribution in [0.15, 0.2) is 52.9 Å². The maximum Gasteiger partial charge on any atom is 0.414 e. The summed E-state index contributed by atoms with van der Waals surface area (Å²) in [5.41, 5.74) is 2.23. The summed E-state index contributed by atoms with van der Waals surface area (Å²) in [6.45, 7) is 3.08. The van der Waals surface area contributed by atoms with Gasteiger partial charge in [0.15, 0.2) is 0 Å². The van der Waals surface area contributed by atoms with Crippen LogP contribution in [0.1, 0.15) is 11.5 Å². The molecule has 1 fully saturated rings. The van der Waals surface area contributed by atoms with Crippen LogP contribution in [0.2, 0.25) is 5.02 Å². The van der Waals surface area contributed by atoms with Crippen LogP contribution in [0, 0.1) is 6.92 Å². The third-order valence-electron chi connectivity index (χ3n) is 4.28. The molecule has 0 saturated carbocycles. The van der Waals surface area contributed by atoms with Gasteiger partial charge < -0.3 is 13.9 Å². The van der Waals surface area contributed by atoms with Crippen molar-refractivity contribution >= 4 is 23.4 Å². The topological polar surface area (TPSA) is 64.8 Å². The fraction of sp³-hybridized carbons (Fsp3) is 0.200. The van der Waals surface area contributed by atoms with Crippen LogP contribution in [0.4, 0.5) is 10.5 Å². The highest BCUT2D eigenvalue weighted by Crippen LogP contribution is 2.29. The molecule has 0 unspecified atom stereocenters. The van der Waals surface area contributed by atoms with E-state index in [1.54, 1.807) is 11.0 Å². The Bertz CT molecular complexity index is 968. The number of halogens is 1. The molecule has 4 rings (SSSR count). The summed E-state index contributed by atoms with van der Waals surface area (Å²) in [7, 11) is 0. The molecule has 27 heavy (non-hydrogen) atoms. The first kappa shape index (κ1) is 17.4. The van der Waals surface area contributed by atoms with Gasteiger partial charge in [0.25, 0.3) is 0 Å². The number of rotatable bonds is 5. The van der Waals surface area contributed by atoms with Gasteiger partial charge in [-0.25, -0.2) is 9.78 Å². The van der Waals surface area contributed by atoms with E-state index in [1.807, 2.05) is 49.4 Å². The van der Waals surface area contributed by atoms with E-state index >= 15 is 0 Å². The Morgan fingerprint density at radius 1 is 1.19 bits per heavy atom. The molecule has 0 spiro atoms. The predicted molar refractivity (Wildman–Crippen MR) is 101 cm³/mol. The summed E-state index contributed by atoms with van der Waals surface area (Å²) in [4.78, 5) is 17.7. The van der Waals surface area contributed by atoms with Crippen molar-refractivity contribution in [3.8, 4) is 17.2 Å². The summed E-state index contributed by atoms with van der Waals surface area (Å²) >= 11 is 6.20. The molecule has 1 aromatic heterocycles. The second kappa shape index (κ2) is 7.32. The lowest BCUT2D eigenvalue weighted by Gasteiger charge is -2.13. The lowest BCUT2D eigenvalue weighted by molar-refractivity contribution is 0.181. The highest BCUT2D eigenvalue weighted by Gasteiger charge is 2.23. The lowest BCUT2D eigenvalue weighted by atomic mass is 10.2. The molecule has 3 aromatic rings. The number of carbonyl (C=O) groups is 1. The number of aromatic nitrogens is 1. The molecule has 7 heteroatoms. The van der Waals surface area contributed by atoms with E-state index in [-0.39, 0.29) is 12.7 Å². The fourth-order valence-electron chi connectivity index (χ4n) is 2.81. The monoisotopic (exact) mass is 384 g/mol. The minimum atomic E-state index is -0.325. The van der Waals surface area contributed by atoms with Crippen LogP contribution < -0.4 is 9.64 Å². The predicted octanol–water partition coefficient (Wildman–Crippen LogP) is 4.84. The zero-order valence-electron chi connectivity index (χ0n) is 14.6. The Hall–Kier alpha value is -2.99. The second-order valence-corrected chi connectivity index (χ2v) is 6.46. The average Bonchev–Trinajstić information content (AvgIpc) is 3.26. The maximum absolute atomic E-state index is 11.6.